The van der Waals surface area contributed by atoms with Crippen LogP contribution in [0.2, 0.25) is 0 Å². The Morgan fingerprint density at radius 2 is 1.26 bits per heavy atom. The first-order valence-electron chi connectivity index (χ1n) is 14.9. The van der Waals surface area contributed by atoms with Gasteiger partial charge in [-0.25, -0.2) is 0 Å². The van der Waals surface area contributed by atoms with E-state index in [9.17, 15) is 0 Å². The third kappa shape index (κ3) is 5.09. The molecule has 0 amide bonds. The van der Waals surface area contributed by atoms with Gasteiger partial charge < -0.3 is 32.5 Å². The van der Waals surface area contributed by atoms with E-state index in [1.807, 2.05) is 12.1 Å². The molecule has 0 N–H and O–H groups in total. The minimum atomic E-state index is 0.0169. The molecule has 0 aliphatic heterocycles. The lowest BCUT2D eigenvalue weighted by Gasteiger charge is -2.18. The Morgan fingerprint density at radius 3 is 1.80 bits per heavy atom. The zero-order valence-corrected chi connectivity index (χ0v) is 26.4. The first kappa shape index (κ1) is 29.0. The zero-order chi connectivity index (χ0) is 31.8. The van der Waals surface area contributed by atoms with Crippen LogP contribution >= 0.6 is 0 Å². The Morgan fingerprint density at radius 1 is 0.696 bits per heavy atom. The summed E-state index contributed by atoms with van der Waals surface area (Å²) in [5.74, 6) is 2.87. The summed E-state index contributed by atoms with van der Waals surface area (Å²) in [7, 11) is 8.89. The summed E-state index contributed by atoms with van der Waals surface area (Å²) in [6, 6.07) is 28.9. The van der Waals surface area contributed by atoms with Crippen LogP contribution in [0.3, 0.4) is 0 Å². The summed E-state index contributed by atoms with van der Waals surface area (Å²) in [6.45, 7) is 0.118. The van der Waals surface area contributed by atoms with Crippen molar-refractivity contribution in [2.24, 2.45) is 14.1 Å². The maximum Gasteiger partial charge on any atom is 0.254 e. The van der Waals surface area contributed by atoms with Gasteiger partial charge in [0.05, 0.1) is 21.3 Å². The van der Waals surface area contributed by atoms with Crippen LogP contribution in [-0.4, -0.2) is 40.7 Å². The summed E-state index contributed by atoms with van der Waals surface area (Å²) < 4.78 is 32.8. The Hall–Kier alpha value is -5.70. The Labute approximate surface area is 266 Å². The molecule has 3 aromatic heterocycles. The topological polar surface area (TPSA) is 85.7 Å². The second kappa shape index (κ2) is 12.0. The van der Waals surface area contributed by atoms with Gasteiger partial charge in [0, 0.05) is 59.8 Å². The van der Waals surface area contributed by atoms with E-state index in [0.29, 0.717) is 40.3 Å². The Kier molecular flexibility index (Phi) is 7.58. The largest absolute Gasteiger partial charge is 0.493 e. The standard InChI is InChI=1S/C37H34N4O5/c1-40-20-28(26-10-6-8-12-30(26)40)35(29-21-41(2)31-13-9-7-11-27(29)31)23-14-16-25(17-15-23)45-22-34-38-39-37(46-34)24-18-32(42-3)36(44-5)33(19-24)43-4/h6-21,35H,22H2,1-5H3. The van der Waals surface area contributed by atoms with Gasteiger partial charge in [-0.1, -0.05) is 48.5 Å². The van der Waals surface area contributed by atoms with Gasteiger partial charge in [0.25, 0.3) is 5.89 Å². The molecule has 0 atom stereocenters. The van der Waals surface area contributed by atoms with Crippen LogP contribution in [0.4, 0.5) is 0 Å². The van der Waals surface area contributed by atoms with E-state index in [2.05, 4.69) is 106 Å². The van der Waals surface area contributed by atoms with Crippen LogP contribution < -0.4 is 18.9 Å². The molecule has 232 valence electrons. The number of hydrogen-bond acceptors (Lipinski definition) is 7. The molecule has 4 aromatic carbocycles. The molecule has 0 saturated carbocycles. The van der Waals surface area contributed by atoms with Gasteiger partial charge in [-0.15, -0.1) is 10.2 Å². The minimum absolute atomic E-state index is 0.0169. The number of methoxy groups -OCH3 is 3. The van der Waals surface area contributed by atoms with Crippen molar-refractivity contribution >= 4 is 21.8 Å². The van der Waals surface area contributed by atoms with Crippen molar-refractivity contribution in [1.29, 1.82) is 0 Å². The van der Waals surface area contributed by atoms with Crippen LogP contribution in [0, 0.1) is 0 Å². The van der Waals surface area contributed by atoms with Gasteiger partial charge in [-0.3, -0.25) is 0 Å². The molecule has 46 heavy (non-hydrogen) atoms. The molecule has 0 fully saturated rings. The number of rotatable bonds is 10. The first-order valence-corrected chi connectivity index (χ1v) is 14.9. The molecule has 0 saturated heterocycles. The van der Waals surface area contributed by atoms with Crippen LogP contribution in [0.1, 0.15) is 28.5 Å². The fourth-order valence-electron chi connectivity index (χ4n) is 6.27. The lowest BCUT2D eigenvalue weighted by Crippen LogP contribution is -2.03. The van der Waals surface area contributed by atoms with Crippen LogP contribution in [-0.2, 0) is 20.7 Å². The molecule has 9 nitrogen and oxygen atoms in total. The molecule has 9 heteroatoms. The highest BCUT2D eigenvalue weighted by Crippen LogP contribution is 2.42. The van der Waals surface area contributed by atoms with E-state index in [1.165, 1.54) is 38.5 Å². The lowest BCUT2D eigenvalue weighted by molar-refractivity contribution is 0.264. The van der Waals surface area contributed by atoms with E-state index in [1.54, 1.807) is 33.5 Å². The van der Waals surface area contributed by atoms with Crippen molar-refractivity contribution in [3.05, 3.63) is 120 Å². The highest BCUT2D eigenvalue weighted by atomic mass is 16.5. The number of benzene rings is 4. The van der Waals surface area contributed by atoms with Gasteiger partial charge in [0.15, 0.2) is 18.1 Å². The number of fused-ring (bicyclic) bond motifs is 2. The molecular formula is C37H34N4O5. The Bertz CT molecular complexity index is 2050. The molecular weight excluding hydrogens is 580 g/mol. The summed E-state index contributed by atoms with van der Waals surface area (Å²) >= 11 is 0. The molecule has 0 unspecified atom stereocenters. The van der Waals surface area contributed by atoms with Crippen LogP contribution in [0.15, 0.2) is 102 Å². The van der Waals surface area contributed by atoms with Gasteiger partial charge in [0.1, 0.15) is 5.75 Å². The van der Waals surface area contributed by atoms with E-state index >= 15 is 0 Å². The summed E-state index contributed by atoms with van der Waals surface area (Å²) in [4.78, 5) is 0. The van der Waals surface area contributed by atoms with Gasteiger partial charge in [-0.05, 0) is 53.1 Å². The smallest absolute Gasteiger partial charge is 0.254 e. The van der Waals surface area contributed by atoms with Crippen molar-refractivity contribution in [2.75, 3.05) is 21.3 Å². The maximum atomic E-state index is 6.09. The zero-order valence-electron chi connectivity index (χ0n) is 26.4. The summed E-state index contributed by atoms with van der Waals surface area (Å²) in [6.07, 6.45) is 4.51. The minimum Gasteiger partial charge on any atom is -0.493 e. The average molecular weight is 615 g/mol. The van der Waals surface area contributed by atoms with Crippen molar-refractivity contribution in [3.63, 3.8) is 0 Å². The third-order valence-electron chi connectivity index (χ3n) is 8.43. The van der Waals surface area contributed by atoms with Crippen molar-refractivity contribution in [2.45, 2.75) is 12.5 Å². The molecule has 0 aliphatic carbocycles. The average Bonchev–Trinajstić information content (AvgIpc) is 3.80. The highest BCUT2D eigenvalue weighted by Gasteiger charge is 2.25. The van der Waals surface area contributed by atoms with Gasteiger partial charge in [0.2, 0.25) is 11.6 Å². The summed E-state index contributed by atoms with van der Waals surface area (Å²) in [5.41, 5.74) is 6.73. The highest BCUT2D eigenvalue weighted by molar-refractivity contribution is 5.89. The number of aromatic nitrogens is 4. The van der Waals surface area contributed by atoms with Crippen molar-refractivity contribution < 1.29 is 23.4 Å². The maximum absolute atomic E-state index is 6.09. The number of ether oxygens (including phenoxy) is 4. The second-order valence-electron chi connectivity index (χ2n) is 11.1. The quantitative estimate of drug-likeness (QED) is 0.158. The molecule has 3 heterocycles. The van der Waals surface area contributed by atoms with E-state index < -0.39 is 0 Å². The normalized spacial score (nSPS) is 11.4. The van der Waals surface area contributed by atoms with E-state index in [4.69, 9.17) is 23.4 Å². The number of hydrogen-bond donors (Lipinski definition) is 0. The monoisotopic (exact) mass is 614 g/mol. The fourth-order valence-corrected chi connectivity index (χ4v) is 6.27. The van der Waals surface area contributed by atoms with Gasteiger partial charge in [-0.2, -0.15) is 0 Å². The third-order valence-corrected chi connectivity index (χ3v) is 8.43. The molecule has 0 spiro atoms. The lowest BCUT2D eigenvalue weighted by atomic mass is 9.85. The molecule has 7 aromatic rings. The van der Waals surface area contributed by atoms with Gasteiger partial charge >= 0.3 is 0 Å². The van der Waals surface area contributed by atoms with Crippen molar-refractivity contribution in [1.82, 2.24) is 19.3 Å². The SMILES string of the molecule is COc1cc(-c2nnc(COc3ccc(C(c4cn(C)c5ccccc45)c4cn(C)c5ccccc45)cc3)o2)cc(OC)c1OC. The molecule has 0 aliphatic rings. The predicted molar refractivity (Wildman–Crippen MR) is 177 cm³/mol. The van der Waals surface area contributed by atoms with Crippen LogP contribution in [0.5, 0.6) is 23.0 Å². The molecule has 0 bridgehead atoms. The number of aryl methyl sites for hydroxylation is 2. The molecule has 0 radical (unpaired) electrons. The number of nitrogens with zero attached hydrogens (tertiary/aromatic N) is 4. The first-order chi connectivity index (χ1) is 22.5. The number of para-hydroxylation sites is 2. The molecule has 7 rings (SSSR count). The summed E-state index contributed by atoms with van der Waals surface area (Å²) in [5, 5.41) is 10.9. The van der Waals surface area contributed by atoms with E-state index in [-0.39, 0.29) is 12.5 Å². The second-order valence-corrected chi connectivity index (χ2v) is 11.1. The fraction of sp³-hybridized carbons (Fsp3) is 0.189. The van der Waals surface area contributed by atoms with Crippen molar-refractivity contribution in [3.8, 4) is 34.5 Å². The Balaban J connectivity index is 1.17. The van der Waals surface area contributed by atoms with Crippen LogP contribution in [0.25, 0.3) is 33.3 Å². The predicted octanol–water partition coefficient (Wildman–Crippen LogP) is 7.51. The van der Waals surface area contributed by atoms with E-state index in [0.717, 1.165) is 0 Å².